The maximum atomic E-state index is 11.4. The van der Waals surface area contributed by atoms with Crippen molar-refractivity contribution in [3.63, 3.8) is 0 Å². The van der Waals surface area contributed by atoms with Gasteiger partial charge in [0.05, 0.1) is 0 Å². The van der Waals surface area contributed by atoms with Gasteiger partial charge in [-0.2, -0.15) is 0 Å². The Morgan fingerprint density at radius 2 is 1.23 bits per heavy atom. The van der Waals surface area contributed by atoms with Gasteiger partial charge in [-0.3, -0.25) is 14.5 Å². The van der Waals surface area contributed by atoms with Crippen LogP contribution in [0.1, 0.15) is 27.6 Å². The number of rotatable bonds is 7. The van der Waals surface area contributed by atoms with Crippen LogP contribution in [0.3, 0.4) is 0 Å². The van der Waals surface area contributed by atoms with E-state index in [0.717, 1.165) is 11.1 Å². The molecule has 0 spiro atoms. The van der Waals surface area contributed by atoms with E-state index in [-0.39, 0.29) is 18.0 Å². The minimum Gasteiger partial charge on any atom is -0.383 e. The number of carbonyl (C=O) groups excluding carboxylic acids is 2. The summed E-state index contributed by atoms with van der Waals surface area (Å²) < 4.78 is 9.73. The molecule has 0 radical (unpaired) electrons. The zero-order valence-corrected chi connectivity index (χ0v) is 19.0. The van der Waals surface area contributed by atoms with Gasteiger partial charge in [-0.25, -0.2) is 0 Å². The predicted octanol–water partition coefficient (Wildman–Crippen LogP) is 3.96. The van der Waals surface area contributed by atoms with Crippen LogP contribution in [-0.2, 0) is 9.47 Å². The summed E-state index contributed by atoms with van der Waals surface area (Å²) in [4.78, 5) is 25.7. The Kier molecular flexibility index (Phi) is 14.5. The van der Waals surface area contributed by atoms with Gasteiger partial charge in [0, 0.05) is 51.7 Å². The number of ketones is 2. The molecule has 0 heterocycles. The number of nitrogens with zero attached hydrogens (tertiary/aromatic N) is 2. The number of hydrogen-bond acceptors (Lipinski definition) is 6. The van der Waals surface area contributed by atoms with Gasteiger partial charge in [-0.1, -0.05) is 60.7 Å². The van der Waals surface area contributed by atoms with Gasteiger partial charge in [0.2, 0.25) is 6.41 Å². The molecule has 0 saturated heterocycles. The van der Waals surface area contributed by atoms with Gasteiger partial charge < -0.3 is 14.4 Å². The predicted molar refractivity (Wildman–Crippen MR) is 122 cm³/mol. The first-order chi connectivity index (χ1) is 14.2. The molecule has 0 bridgehead atoms. The monoisotopic (exact) mass is 414 g/mol. The third-order valence-electron chi connectivity index (χ3n) is 3.59. The van der Waals surface area contributed by atoms with Crippen molar-refractivity contribution in [3.8, 4) is 0 Å². The van der Waals surface area contributed by atoms with Gasteiger partial charge in [0.1, 0.15) is 0 Å². The standard InChI is InChI=1S/C11H13NO.C8H8O.C5H13NO2/c1-12(2)9-8-11(13)10-6-4-3-5-7-10;1-7(9)8-5-3-2-4-6-8;1-6(2)5(7-3)8-4/h3-9H,1-2H3;2-6H,1H3;5H,1-4H3/b9-8+;;. The normalized spacial score (nSPS) is 10.2. The number of Topliss-reactive ketones (excluding diaryl/α,β-unsaturated/α-hetero) is 1. The molecule has 6 heteroatoms. The fourth-order valence-electron chi connectivity index (χ4n) is 2.11. The van der Waals surface area contributed by atoms with Crippen LogP contribution in [0.4, 0.5) is 0 Å². The zero-order chi connectivity index (χ0) is 22.9. The van der Waals surface area contributed by atoms with Crippen molar-refractivity contribution < 1.29 is 19.1 Å². The number of ether oxygens (including phenoxy) is 2. The summed E-state index contributed by atoms with van der Waals surface area (Å²) in [5.74, 6) is 0.157. The minimum atomic E-state index is -0.213. The van der Waals surface area contributed by atoms with E-state index in [1.807, 2.05) is 98.7 Å². The molecule has 0 aliphatic rings. The Morgan fingerprint density at radius 1 is 0.800 bits per heavy atom. The van der Waals surface area contributed by atoms with Crippen molar-refractivity contribution in [1.29, 1.82) is 0 Å². The second-order valence-corrected chi connectivity index (χ2v) is 6.67. The molecule has 2 aromatic carbocycles. The van der Waals surface area contributed by atoms with Crippen LogP contribution >= 0.6 is 0 Å². The molecule has 0 unspecified atom stereocenters. The highest BCUT2D eigenvalue weighted by Crippen LogP contribution is 2.00. The number of hydrogen-bond donors (Lipinski definition) is 0. The average molecular weight is 415 g/mol. The van der Waals surface area contributed by atoms with E-state index in [1.165, 1.54) is 0 Å². The Labute approximate surface area is 180 Å². The molecule has 2 rings (SSSR count). The fraction of sp³-hybridized carbons (Fsp3) is 0.333. The highest BCUT2D eigenvalue weighted by molar-refractivity contribution is 6.04. The number of benzene rings is 2. The highest BCUT2D eigenvalue weighted by Gasteiger charge is 2.04. The molecule has 164 valence electrons. The van der Waals surface area contributed by atoms with Gasteiger partial charge >= 0.3 is 0 Å². The molecule has 0 aliphatic heterocycles. The largest absolute Gasteiger partial charge is 0.383 e. The first-order valence-corrected chi connectivity index (χ1v) is 9.44. The van der Waals surface area contributed by atoms with E-state index in [4.69, 9.17) is 9.47 Å². The molecule has 2 aromatic rings. The van der Waals surface area contributed by atoms with Crippen LogP contribution in [0.15, 0.2) is 72.9 Å². The average Bonchev–Trinajstić information content (AvgIpc) is 2.75. The van der Waals surface area contributed by atoms with Crippen molar-refractivity contribution in [3.05, 3.63) is 84.1 Å². The third-order valence-corrected chi connectivity index (χ3v) is 3.59. The second kappa shape index (κ2) is 16.0. The molecule has 0 fully saturated rings. The number of allylic oxidation sites excluding steroid dienone is 1. The summed E-state index contributed by atoms with van der Waals surface area (Å²) in [5, 5.41) is 0. The van der Waals surface area contributed by atoms with Crippen LogP contribution in [0, 0.1) is 0 Å². The summed E-state index contributed by atoms with van der Waals surface area (Å²) in [7, 11) is 10.8. The van der Waals surface area contributed by atoms with E-state index < -0.39 is 0 Å². The van der Waals surface area contributed by atoms with Crippen LogP contribution in [-0.4, -0.2) is 70.2 Å². The molecular formula is C24H34N2O4. The molecule has 30 heavy (non-hydrogen) atoms. The van der Waals surface area contributed by atoms with E-state index in [1.54, 1.807) is 33.4 Å². The van der Waals surface area contributed by atoms with E-state index in [2.05, 4.69) is 0 Å². The topological polar surface area (TPSA) is 59.1 Å². The van der Waals surface area contributed by atoms with Crippen LogP contribution in [0.25, 0.3) is 0 Å². The molecule has 6 nitrogen and oxygen atoms in total. The number of carbonyl (C=O) groups is 2. The first kappa shape index (κ1) is 27.2. The van der Waals surface area contributed by atoms with Crippen molar-refractivity contribution in [1.82, 2.24) is 9.80 Å². The third kappa shape index (κ3) is 12.6. The lowest BCUT2D eigenvalue weighted by atomic mass is 10.1. The van der Waals surface area contributed by atoms with E-state index >= 15 is 0 Å². The van der Waals surface area contributed by atoms with E-state index in [9.17, 15) is 9.59 Å². The Bertz CT molecular complexity index is 740. The zero-order valence-electron chi connectivity index (χ0n) is 19.0. The van der Waals surface area contributed by atoms with Crippen molar-refractivity contribution in [2.75, 3.05) is 42.4 Å². The van der Waals surface area contributed by atoms with Gasteiger partial charge in [-0.05, 0) is 21.0 Å². The lowest BCUT2D eigenvalue weighted by Gasteiger charge is -2.19. The quantitative estimate of drug-likeness (QED) is 0.388. The van der Waals surface area contributed by atoms with Crippen molar-refractivity contribution in [2.45, 2.75) is 13.3 Å². The fourth-order valence-corrected chi connectivity index (χ4v) is 2.11. The smallest absolute Gasteiger partial charge is 0.217 e. The molecule has 0 aromatic heterocycles. The maximum Gasteiger partial charge on any atom is 0.217 e. The maximum absolute atomic E-state index is 11.4. The molecule has 0 N–H and O–H groups in total. The second-order valence-electron chi connectivity index (χ2n) is 6.67. The first-order valence-electron chi connectivity index (χ1n) is 9.44. The summed E-state index contributed by atoms with van der Waals surface area (Å²) in [5.41, 5.74) is 1.50. The van der Waals surface area contributed by atoms with Gasteiger partial charge in [0.25, 0.3) is 0 Å². The van der Waals surface area contributed by atoms with E-state index in [0.29, 0.717) is 0 Å². The SMILES string of the molecule is CC(=O)c1ccccc1.CN(C)/C=C/C(=O)c1ccccc1.COC(OC)N(C)C. The Balaban J connectivity index is 0.000000438. The summed E-state index contributed by atoms with van der Waals surface area (Å²) >= 11 is 0. The van der Waals surface area contributed by atoms with Crippen molar-refractivity contribution in [2.24, 2.45) is 0 Å². The molecule has 0 atom stereocenters. The summed E-state index contributed by atoms with van der Waals surface area (Å²) in [6.45, 7) is 1.56. The summed E-state index contributed by atoms with van der Waals surface area (Å²) in [6, 6.07) is 18.5. The summed E-state index contributed by atoms with van der Waals surface area (Å²) in [6.07, 6.45) is 3.10. The van der Waals surface area contributed by atoms with Crippen LogP contribution in [0.2, 0.25) is 0 Å². The molecule has 0 aliphatic carbocycles. The van der Waals surface area contributed by atoms with Crippen molar-refractivity contribution >= 4 is 11.6 Å². The number of methoxy groups -OCH3 is 2. The molecule has 0 amide bonds. The molecule has 0 saturated carbocycles. The van der Waals surface area contributed by atoms with Crippen LogP contribution in [0.5, 0.6) is 0 Å². The minimum absolute atomic E-state index is 0.0364. The lowest BCUT2D eigenvalue weighted by Crippen LogP contribution is -2.30. The Morgan fingerprint density at radius 3 is 1.50 bits per heavy atom. The molecular weight excluding hydrogens is 380 g/mol. The Hall–Kier alpha value is -2.80. The van der Waals surface area contributed by atoms with Gasteiger partial charge in [-0.15, -0.1) is 0 Å². The van der Waals surface area contributed by atoms with Gasteiger partial charge in [0.15, 0.2) is 11.6 Å². The highest BCUT2D eigenvalue weighted by atomic mass is 16.7. The van der Waals surface area contributed by atoms with Crippen LogP contribution < -0.4 is 0 Å². The lowest BCUT2D eigenvalue weighted by molar-refractivity contribution is -0.179.